The first-order valence-electron chi connectivity index (χ1n) is 11.1. The molecule has 6 rings (SSSR count). The van der Waals surface area contributed by atoms with Gasteiger partial charge in [0.05, 0.1) is 32.4 Å². The van der Waals surface area contributed by atoms with Crippen LogP contribution in [0.3, 0.4) is 0 Å². The topological polar surface area (TPSA) is 89.8 Å². The van der Waals surface area contributed by atoms with Crippen molar-refractivity contribution in [1.29, 1.82) is 0 Å². The Morgan fingerprint density at radius 2 is 2.09 bits per heavy atom. The minimum Gasteiger partial charge on any atom is -0.481 e. The molecule has 4 aliphatic rings. The Hall–Kier alpha value is -3.15. The number of nitrogens with zero attached hydrogens (tertiary/aromatic N) is 5. The number of morpholine rings is 1. The lowest BCUT2D eigenvalue weighted by atomic mass is 9.97. The first-order chi connectivity index (χ1) is 16.2. The van der Waals surface area contributed by atoms with Gasteiger partial charge in [-0.3, -0.25) is 14.2 Å². The summed E-state index contributed by atoms with van der Waals surface area (Å²) in [5.74, 6) is -0.109. The second-order valence-corrected chi connectivity index (χ2v) is 8.73. The van der Waals surface area contributed by atoms with Gasteiger partial charge in [0.2, 0.25) is 11.8 Å². The molecule has 4 aliphatic heterocycles. The van der Waals surface area contributed by atoms with Crippen molar-refractivity contribution in [3.05, 3.63) is 40.3 Å². The minimum atomic E-state index is -4.60. The highest BCUT2D eigenvalue weighted by Gasteiger charge is 2.47. The normalized spacial score (nSPS) is 24.2. The number of hydrogen-bond donors (Lipinski definition) is 0. The Morgan fingerprint density at radius 3 is 2.68 bits per heavy atom. The lowest BCUT2D eigenvalue weighted by Crippen LogP contribution is -2.56. The van der Waals surface area contributed by atoms with Crippen molar-refractivity contribution in [1.82, 2.24) is 14.5 Å². The van der Waals surface area contributed by atoms with Gasteiger partial charge in [0, 0.05) is 37.0 Å². The predicted octanol–water partition coefficient (Wildman–Crippen LogP) is 2.04. The van der Waals surface area contributed by atoms with E-state index >= 15 is 0 Å². The number of pyridine rings is 1. The first kappa shape index (κ1) is 22.6. The van der Waals surface area contributed by atoms with E-state index in [1.807, 2.05) is 4.90 Å². The average molecular weight is 479 g/mol. The van der Waals surface area contributed by atoms with Crippen molar-refractivity contribution in [3.63, 3.8) is 0 Å². The highest BCUT2D eigenvalue weighted by atomic mass is 19.4. The molecule has 0 amide bonds. The first-order valence-corrected chi connectivity index (χ1v) is 11.1. The van der Waals surface area contributed by atoms with Crippen molar-refractivity contribution >= 4 is 17.5 Å². The standard InChI is InChI=1S/C22H24F3N5O4/c1-33-19-5-2-13(9-26-19)16(31)11-30-17(22(23,24)25)6-7-28-20(32)8-18(27-21(28)30)29-10-15-4-3-14(29)12-34-15/h2,5,8-9,14-15,17H,3-4,6-7,10-12H2,1H3/t14-,15+,17-/m0/s1. The SMILES string of the molecule is COc1ccc(C(=O)CN2c3nc(N4C[C@H]5CC[C@H]4CO5)cc(=O)n3CC[C@H]2C(F)(F)F)cn1. The number of aromatic nitrogens is 3. The molecule has 0 radical (unpaired) electrons. The molecule has 2 bridgehead atoms. The molecule has 2 aromatic heterocycles. The van der Waals surface area contributed by atoms with Crippen LogP contribution in [-0.2, 0) is 11.3 Å². The van der Waals surface area contributed by atoms with Crippen LogP contribution in [0.15, 0.2) is 29.2 Å². The summed E-state index contributed by atoms with van der Waals surface area (Å²) < 4.78 is 53.9. The Bertz CT molecular complexity index is 1130. The zero-order valence-electron chi connectivity index (χ0n) is 18.5. The number of anilines is 2. The summed E-state index contributed by atoms with van der Waals surface area (Å²) in [5, 5.41) is 0. The number of fused-ring (bicyclic) bond motifs is 4. The third kappa shape index (κ3) is 4.10. The van der Waals surface area contributed by atoms with Crippen LogP contribution in [-0.4, -0.2) is 71.5 Å². The second kappa shape index (κ2) is 8.57. The molecular weight excluding hydrogens is 455 g/mol. The van der Waals surface area contributed by atoms with Gasteiger partial charge in [-0.15, -0.1) is 0 Å². The van der Waals surface area contributed by atoms with E-state index in [1.54, 1.807) is 0 Å². The summed E-state index contributed by atoms with van der Waals surface area (Å²) >= 11 is 0. The maximum atomic E-state index is 14.0. The number of methoxy groups -OCH3 is 1. The van der Waals surface area contributed by atoms with Crippen LogP contribution in [0.25, 0.3) is 0 Å². The number of Topliss-reactive ketones (excluding diaryl/α,β-unsaturated/α-hetero) is 1. The number of carbonyl (C=O) groups excluding carboxylic acids is 1. The second-order valence-electron chi connectivity index (χ2n) is 8.73. The number of rotatable bonds is 5. The van der Waals surface area contributed by atoms with E-state index in [9.17, 15) is 22.8 Å². The number of ketones is 1. The van der Waals surface area contributed by atoms with E-state index < -0.39 is 30.1 Å². The third-order valence-electron chi connectivity index (χ3n) is 6.67. The van der Waals surface area contributed by atoms with Crippen molar-refractivity contribution < 1.29 is 27.4 Å². The maximum absolute atomic E-state index is 14.0. The zero-order valence-corrected chi connectivity index (χ0v) is 18.5. The van der Waals surface area contributed by atoms with Gasteiger partial charge in [-0.1, -0.05) is 0 Å². The van der Waals surface area contributed by atoms with Crippen molar-refractivity contribution in [2.75, 3.05) is 36.6 Å². The quantitative estimate of drug-likeness (QED) is 0.602. The van der Waals surface area contributed by atoms with Crippen molar-refractivity contribution in [3.8, 4) is 5.88 Å². The van der Waals surface area contributed by atoms with Gasteiger partial charge in [0.15, 0.2) is 5.78 Å². The van der Waals surface area contributed by atoms with Crippen LogP contribution in [0, 0.1) is 0 Å². The predicted molar refractivity (Wildman–Crippen MR) is 116 cm³/mol. The van der Waals surface area contributed by atoms with Crippen LogP contribution in [0.4, 0.5) is 24.9 Å². The third-order valence-corrected chi connectivity index (χ3v) is 6.67. The summed E-state index contributed by atoms with van der Waals surface area (Å²) in [6, 6.07) is 2.36. The van der Waals surface area contributed by atoms with Crippen LogP contribution < -0.4 is 20.1 Å². The van der Waals surface area contributed by atoms with E-state index in [4.69, 9.17) is 9.47 Å². The lowest BCUT2D eigenvalue weighted by Gasteiger charge is -2.46. The van der Waals surface area contributed by atoms with Gasteiger partial charge in [-0.05, 0) is 25.3 Å². The largest absolute Gasteiger partial charge is 0.481 e. The van der Waals surface area contributed by atoms with Crippen molar-refractivity contribution in [2.45, 2.75) is 50.2 Å². The molecule has 9 nitrogen and oxygen atoms in total. The summed E-state index contributed by atoms with van der Waals surface area (Å²) in [4.78, 5) is 37.2. The van der Waals surface area contributed by atoms with Crippen LogP contribution in [0.2, 0.25) is 0 Å². The summed E-state index contributed by atoms with van der Waals surface area (Å²) in [6.07, 6.45) is -1.92. The molecule has 0 aliphatic carbocycles. The van der Waals surface area contributed by atoms with Gasteiger partial charge in [0.1, 0.15) is 11.9 Å². The number of piperidine rings is 1. The molecule has 3 fully saturated rings. The van der Waals surface area contributed by atoms with Crippen LogP contribution in [0.5, 0.6) is 5.88 Å². The zero-order chi connectivity index (χ0) is 24.0. The molecule has 6 heterocycles. The number of hydrogen-bond acceptors (Lipinski definition) is 8. The fourth-order valence-electron chi connectivity index (χ4n) is 4.87. The molecule has 3 saturated heterocycles. The number of ether oxygens (including phenoxy) is 2. The lowest BCUT2D eigenvalue weighted by molar-refractivity contribution is -0.152. The maximum Gasteiger partial charge on any atom is 0.408 e. The fraction of sp³-hybridized carbons (Fsp3) is 0.545. The van der Waals surface area contributed by atoms with Gasteiger partial charge in [-0.25, -0.2) is 4.98 Å². The minimum absolute atomic E-state index is 0.00811. The molecule has 12 heteroatoms. The Labute approximate surface area is 193 Å². The number of carbonyl (C=O) groups is 1. The Balaban J connectivity index is 1.51. The summed E-state index contributed by atoms with van der Waals surface area (Å²) in [6.45, 7) is 0.293. The monoisotopic (exact) mass is 479 g/mol. The molecular formula is C22H24F3N5O4. The van der Waals surface area contributed by atoms with Crippen LogP contribution in [0.1, 0.15) is 29.6 Å². The molecule has 3 atom stereocenters. The van der Waals surface area contributed by atoms with E-state index in [2.05, 4.69) is 9.97 Å². The van der Waals surface area contributed by atoms with Gasteiger partial charge < -0.3 is 19.3 Å². The molecule has 0 aromatic carbocycles. The van der Waals surface area contributed by atoms with E-state index in [0.29, 0.717) is 19.0 Å². The van der Waals surface area contributed by atoms with Crippen LogP contribution >= 0.6 is 0 Å². The highest BCUT2D eigenvalue weighted by molar-refractivity contribution is 5.99. The van der Waals surface area contributed by atoms with Gasteiger partial charge >= 0.3 is 6.18 Å². The number of alkyl halides is 3. The van der Waals surface area contributed by atoms with E-state index in [1.165, 1.54) is 36.1 Å². The molecule has 2 aromatic rings. The van der Waals surface area contributed by atoms with E-state index in [0.717, 1.165) is 17.7 Å². The summed E-state index contributed by atoms with van der Waals surface area (Å²) in [7, 11) is 1.42. The summed E-state index contributed by atoms with van der Waals surface area (Å²) in [5.41, 5.74) is -0.297. The smallest absolute Gasteiger partial charge is 0.408 e. The molecule has 0 saturated carbocycles. The molecule has 0 spiro atoms. The van der Waals surface area contributed by atoms with E-state index in [-0.39, 0.29) is 42.5 Å². The molecule has 34 heavy (non-hydrogen) atoms. The average Bonchev–Trinajstić information content (AvgIpc) is 2.84. The Morgan fingerprint density at radius 1 is 1.26 bits per heavy atom. The van der Waals surface area contributed by atoms with Gasteiger partial charge in [0.25, 0.3) is 5.56 Å². The molecule has 182 valence electrons. The fourth-order valence-corrected chi connectivity index (χ4v) is 4.87. The number of halogens is 3. The van der Waals surface area contributed by atoms with Gasteiger partial charge in [-0.2, -0.15) is 18.2 Å². The molecule has 0 unspecified atom stereocenters. The van der Waals surface area contributed by atoms with Crippen molar-refractivity contribution in [2.24, 2.45) is 0 Å². The Kier molecular flexibility index (Phi) is 5.70. The molecule has 0 N–H and O–H groups in total. The highest BCUT2D eigenvalue weighted by Crippen LogP contribution is 2.36.